The van der Waals surface area contributed by atoms with Crippen LogP contribution in [0.1, 0.15) is 46.0 Å². The fourth-order valence-corrected chi connectivity index (χ4v) is 2.89. The summed E-state index contributed by atoms with van der Waals surface area (Å²) in [5.74, 6) is -0.435. The molecule has 0 aromatic carbocycles. The molecule has 2 N–H and O–H groups in total. The molecular weight excluding hydrogens is 320 g/mol. The van der Waals surface area contributed by atoms with Gasteiger partial charge in [0.2, 0.25) is 11.8 Å². The summed E-state index contributed by atoms with van der Waals surface area (Å²) in [6.07, 6.45) is 7.77. The lowest BCUT2D eigenvalue weighted by atomic mass is 9.97. The molecule has 0 aliphatic heterocycles. The van der Waals surface area contributed by atoms with Crippen LogP contribution in [0.2, 0.25) is 0 Å². The van der Waals surface area contributed by atoms with Crippen molar-refractivity contribution in [3.8, 4) is 0 Å². The first kappa shape index (κ1) is 21.2. The number of amides is 4. The van der Waals surface area contributed by atoms with Crippen LogP contribution in [0.4, 0.5) is 4.79 Å². The zero-order valence-electron chi connectivity index (χ0n) is 15.8. The van der Waals surface area contributed by atoms with Gasteiger partial charge < -0.3 is 10.2 Å². The van der Waals surface area contributed by atoms with Crippen LogP contribution in [0.3, 0.4) is 0 Å². The maximum Gasteiger partial charge on any atom is 0.321 e. The summed E-state index contributed by atoms with van der Waals surface area (Å²) >= 11 is 0. The lowest BCUT2D eigenvalue weighted by Gasteiger charge is -2.22. The second-order valence-electron chi connectivity index (χ2n) is 6.40. The molecule has 0 heterocycles. The zero-order chi connectivity index (χ0) is 18.7. The first-order valence-electron chi connectivity index (χ1n) is 9.18. The second-order valence-corrected chi connectivity index (χ2v) is 6.40. The fourth-order valence-electron chi connectivity index (χ4n) is 2.89. The van der Waals surface area contributed by atoms with Gasteiger partial charge in [0.15, 0.2) is 0 Å². The molecule has 142 valence electrons. The van der Waals surface area contributed by atoms with Gasteiger partial charge in [0.1, 0.15) is 0 Å². The number of likely N-dealkylation sites (N-methyl/N-ethyl adjacent to an activating group) is 2. The van der Waals surface area contributed by atoms with Crippen molar-refractivity contribution in [1.82, 2.24) is 20.4 Å². The molecule has 0 fully saturated rings. The van der Waals surface area contributed by atoms with Crippen LogP contribution in [-0.2, 0) is 9.59 Å². The molecule has 7 nitrogen and oxygen atoms in total. The number of carbonyl (C=O) groups excluding carboxylic acids is 3. The molecule has 0 unspecified atom stereocenters. The molecule has 0 atom stereocenters. The van der Waals surface area contributed by atoms with Crippen molar-refractivity contribution in [3.63, 3.8) is 0 Å². The van der Waals surface area contributed by atoms with E-state index in [4.69, 9.17) is 0 Å². The van der Waals surface area contributed by atoms with E-state index in [-0.39, 0.29) is 19.0 Å². The fraction of sp³-hybridized carbons (Fsp3) is 0.722. The largest absolute Gasteiger partial charge is 0.342 e. The number of carbonyl (C=O) groups is 3. The van der Waals surface area contributed by atoms with Gasteiger partial charge in [0, 0.05) is 19.6 Å². The molecule has 0 saturated heterocycles. The molecule has 25 heavy (non-hydrogen) atoms. The molecule has 1 rings (SSSR count). The zero-order valence-corrected chi connectivity index (χ0v) is 15.8. The Morgan fingerprint density at radius 2 is 1.84 bits per heavy atom. The Balaban J connectivity index is 2.22. The first-order chi connectivity index (χ1) is 12.0. The number of imide groups is 1. The van der Waals surface area contributed by atoms with E-state index in [1.165, 1.54) is 18.4 Å². The van der Waals surface area contributed by atoms with Crippen LogP contribution in [0, 0.1) is 0 Å². The first-order valence-corrected chi connectivity index (χ1v) is 9.18. The third-order valence-electron chi connectivity index (χ3n) is 4.30. The summed E-state index contributed by atoms with van der Waals surface area (Å²) in [6.45, 7) is 5.82. The van der Waals surface area contributed by atoms with E-state index in [1.54, 1.807) is 16.8 Å². The van der Waals surface area contributed by atoms with Crippen molar-refractivity contribution in [2.24, 2.45) is 0 Å². The van der Waals surface area contributed by atoms with E-state index < -0.39 is 11.9 Å². The van der Waals surface area contributed by atoms with Gasteiger partial charge in [-0.25, -0.2) is 4.79 Å². The standard InChI is InChI=1S/C18H32N4O3/c1-4-22(5-2)17(24)14-21(3)13-16(23)20-18(25)19-12-11-15-9-7-6-8-10-15/h9H,4-8,10-14H2,1-3H3,(H2,19,20,23,25). The van der Waals surface area contributed by atoms with Gasteiger partial charge in [-0.3, -0.25) is 19.8 Å². The van der Waals surface area contributed by atoms with Crippen LogP contribution in [0.5, 0.6) is 0 Å². The van der Waals surface area contributed by atoms with E-state index >= 15 is 0 Å². The summed E-state index contributed by atoms with van der Waals surface area (Å²) < 4.78 is 0. The number of nitrogens with one attached hydrogen (secondary N) is 2. The molecule has 0 aromatic rings. The van der Waals surface area contributed by atoms with Crippen LogP contribution < -0.4 is 10.6 Å². The van der Waals surface area contributed by atoms with Crippen LogP contribution in [0.25, 0.3) is 0 Å². The lowest BCUT2D eigenvalue weighted by Crippen LogP contribution is -2.46. The summed E-state index contributed by atoms with van der Waals surface area (Å²) in [6, 6.07) is -0.482. The maximum absolute atomic E-state index is 12.0. The molecule has 1 aliphatic rings. The second kappa shape index (κ2) is 11.6. The summed E-state index contributed by atoms with van der Waals surface area (Å²) in [4.78, 5) is 38.9. The van der Waals surface area contributed by atoms with Gasteiger partial charge >= 0.3 is 6.03 Å². The third-order valence-corrected chi connectivity index (χ3v) is 4.30. The quantitative estimate of drug-likeness (QED) is 0.616. The predicted molar refractivity (Wildman–Crippen MR) is 98.1 cm³/mol. The topological polar surface area (TPSA) is 81.8 Å². The van der Waals surface area contributed by atoms with Crippen molar-refractivity contribution < 1.29 is 14.4 Å². The summed E-state index contributed by atoms with van der Waals surface area (Å²) in [5.41, 5.74) is 1.38. The molecule has 0 saturated carbocycles. The average molecular weight is 352 g/mol. The highest BCUT2D eigenvalue weighted by Crippen LogP contribution is 2.19. The van der Waals surface area contributed by atoms with Crippen LogP contribution in [-0.4, -0.2) is 67.4 Å². The van der Waals surface area contributed by atoms with Crippen molar-refractivity contribution in [2.75, 3.05) is 39.8 Å². The van der Waals surface area contributed by atoms with E-state index in [2.05, 4.69) is 16.7 Å². The molecule has 0 aromatic heterocycles. The van der Waals surface area contributed by atoms with E-state index in [9.17, 15) is 14.4 Å². The Hall–Kier alpha value is -1.89. The van der Waals surface area contributed by atoms with Gasteiger partial charge in [-0.15, -0.1) is 0 Å². The molecule has 0 radical (unpaired) electrons. The maximum atomic E-state index is 12.0. The Kier molecular flexibility index (Phi) is 9.84. The van der Waals surface area contributed by atoms with Gasteiger partial charge in [-0.1, -0.05) is 11.6 Å². The number of hydrogen-bond acceptors (Lipinski definition) is 4. The number of hydrogen-bond donors (Lipinski definition) is 2. The highest BCUT2D eigenvalue weighted by atomic mass is 16.2. The number of urea groups is 1. The highest BCUT2D eigenvalue weighted by Gasteiger charge is 2.15. The Bertz CT molecular complexity index is 487. The number of allylic oxidation sites excluding steroid dienone is 1. The molecule has 0 bridgehead atoms. The molecule has 1 aliphatic carbocycles. The minimum atomic E-state index is -0.482. The SMILES string of the molecule is CCN(CC)C(=O)CN(C)CC(=O)NC(=O)NCCC1=CCCCC1. The van der Waals surface area contributed by atoms with Gasteiger partial charge in [0.25, 0.3) is 0 Å². The Morgan fingerprint density at radius 1 is 1.12 bits per heavy atom. The van der Waals surface area contributed by atoms with Crippen molar-refractivity contribution in [1.29, 1.82) is 0 Å². The van der Waals surface area contributed by atoms with Crippen molar-refractivity contribution in [3.05, 3.63) is 11.6 Å². The minimum absolute atomic E-state index is 0.00554. The van der Waals surface area contributed by atoms with Crippen molar-refractivity contribution >= 4 is 17.8 Å². The van der Waals surface area contributed by atoms with E-state index in [0.717, 1.165) is 19.3 Å². The monoisotopic (exact) mass is 352 g/mol. The lowest BCUT2D eigenvalue weighted by molar-refractivity contribution is -0.132. The van der Waals surface area contributed by atoms with Gasteiger partial charge in [-0.2, -0.15) is 0 Å². The Morgan fingerprint density at radius 3 is 2.44 bits per heavy atom. The average Bonchev–Trinajstić information content (AvgIpc) is 2.56. The van der Waals surface area contributed by atoms with E-state index in [0.29, 0.717) is 19.6 Å². The Labute approximate surface area is 150 Å². The van der Waals surface area contributed by atoms with Crippen molar-refractivity contribution in [2.45, 2.75) is 46.0 Å². The van der Waals surface area contributed by atoms with Gasteiger partial charge in [-0.05, 0) is 53.0 Å². The highest BCUT2D eigenvalue weighted by molar-refractivity contribution is 5.95. The molecule has 7 heteroatoms. The smallest absolute Gasteiger partial charge is 0.321 e. The predicted octanol–water partition coefficient (Wildman–Crippen LogP) is 1.50. The summed E-state index contributed by atoms with van der Waals surface area (Å²) in [5, 5.41) is 5.01. The van der Waals surface area contributed by atoms with Gasteiger partial charge in [0.05, 0.1) is 13.1 Å². The molecule has 4 amide bonds. The summed E-state index contributed by atoms with van der Waals surface area (Å²) in [7, 11) is 1.69. The minimum Gasteiger partial charge on any atom is -0.342 e. The van der Waals surface area contributed by atoms with Crippen LogP contribution in [0.15, 0.2) is 11.6 Å². The van der Waals surface area contributed by atoms with E-state index in [1.807, 2.05) is 13.8 Å². The molecular formula is C18H32N4O3. The van der Waals surface area contributed by atoms with Crippen LogP contribution >= 0.6 is 0 Å². The normalized spacial score (nSPS) is 14.0. The molecule has 0 spiro atoms. The third kappa shape index (κ3) is 8.67. The number of rotatable bonds is 9. The number of nitrogens with zero attached hydrogens (tertiary/aromatic N) is 2.